The Hall–Kier alpha value is -3.78. The van der Waals surface area contributed by atoms with Crippen LogP contribution in [0.2, 0.25) is 0 Å². The fourth-order valence-electron chi connectivity index (χ4n) is 2.53. The molecule has 3 rings (SSSR count). The molecule has 0 radical (unpaired) electrons. The molecular weight excluding hydrogens is 513 g/mol. The molecule has 0 aliphatic carbocycles. The first-order valence-electron chi connectivity index (χ1n) is 9.41. The predicted molar refractivity (Wildman–Crippen MR) is 123 cm³/mol. The smallest absolute Gasteiger partial charge is 0.490 e. The van der Waals surface area contributed by atoms with E-state index < -0.39 is 28.1 Å². The van der Waals surface area contributed by atoms with Gasteiger partial charge in [0.05, 0.1) is 12.8 Å². The summed E-state index contributed by atoms with van der Waals surface area (Å²) in [6.07, 6.45) is -5.08. The molecule has 0 aliphatic rings. The maximum Gasteiger partial charge on any atom is 0.490 e. The zero-order valence-corrected chi connectivity index (χ0v) is 19.7. The van der Waals surface area contributed by atoms with Gasteiger partial charge in [0, 0.05) is 11.4 Å². The van der Waals surface area contributed by atoms with Crippen LogP contribution < -0.4 is 14.8 Å². The molecule has 0 saturated carbocycles. The summed E-state index contributed by atoms with van der Waals surface area (Å²) in [4.78, 5) is 20.0. The Labute approximate surface area is 201 Å². The Kier molecular flexibility index (Phi) is 8.71. The molecule has 3 aromatic rings. The van der Waals surface area contributed by atoms with Gasteiger partial charge in [0.15, 0.2) is 0 Å². The zero-order valence-electron chi connectivity index (χ0n) is 18.1. The molecule has 0 unspecified atom stereocenters. The van der Waals surface area contributed by atoms with Crippen LogP contribution in [0.5, 0.6) is 5.75 Å². The zero-order chi connectivity index (χ0) is 26.4. The molecule has 2 aromatic carbocycles. The number of aliphatic carboxylic acids is 1. The van der Waals surface area contributed by atoms with Crippen molar-refractivity contribution in [3.05, 3.63) is 65.0 Å². The van der Waals surface area contributed by atoms with Crippen LogP contribution in [0.4, 0.5) is 30.2 Å². The fraction of sp³-hybridized carbons (Fsp3) is 0.143. The molecule has 0 atom stereocenters. The highest BCUT2D eigenvalue weighted by Gasteiger charge is 2.38. The molecule has 35 heavy (non-hydrogen) atoms. The van der Waals surface area contributed by atoms with Crippen molar-refractivity contribution in [1.29, 1.82) is 0 Å². The highest BCUT2D eigenvalue weighted by molar-refractivity contribution is 7.94. The first kappa shape index (κ1) is 27.5. The average Bonchev–Trinajstić information content (AvgIpc) is 3.18. The Morgan fingerprint density at radius 1 is 1.00 bits per heavy atom. The lowest BCUT2D eigenvalue weighted by Crippen LogP contribution is -2.21. The van der Waals surface area contributed by atoms with Crippen LogP contribution in [0, 0.1) is 6.92 Å². The van der Waals surface area contributed by atoms with Crippen molar-refractivity contribution < 1.29 is 46.1 Å². The van der Waals surface area contributed by atoms with Gasteiger partial charge in [-0.15, -0.1) is 11.3 Å². The van der Waals surface area contributed by atoms with E-state index in [4.69, 9.17) is 19.7 Å². The number of carboxylic acid groups (broad SMARTS) is 2. The lowest BCUT2D eigenvalue weighted by molar-refractivity contribution is -0.192. The van der Waals surface area contributed by atoms with Crippen molar-refractivity contribution in [2.45, 2.75) is 17.3 Å². The number of ether oxygens (including phenoxy) is 1. The number of rotatable bonds is 7. The summed E-state index contributed by atoms with van der Waals surface area (Å²) in [5, 5.41) is 19.4. The van der Waals surface area contributed by atoms with E-state index in [0.29, 0.717) is 17.0 Å². The maximum atomic E-state index is 12.5. The molecular formula is C21H19F3N2O7S2. The van der Waals surface area contributed by atoms with Gasteiger partial charge in [-0.05, 0) is 55.0 Å². The molecule has 4 N–H and O–H groups in total. The van der Waals surface area contributed by atoms with Gasteiger partial charge in [-0.2, -0.15) is 13.2 Å². The molecule has 14 heteroatoms. The number of aromatic carboxylic acids is 1. The van der Waals surface area contributed by atoms with Gasteiger partial charge >= 0.3 is 18.1 Å². The van der Waals surface area contributed by atoms with E-state index in [2.05, 4.69) is 10.0 Å². The highest BCUT2D eigenvalue weighted by Crippen LogP contribution is 2.30. The number of para-hydroxylation sites is 2. The number of hydrogen-bond acceptors (Lipinski definition) is 7. The second-order valence-electron chi connectivity index (χ2n) is 6.69. The van der Waals surface area contributed by atoms with Crippen molar-refractivity contribution in [2.75, 3.05) is 17.1 Å². The molecule has 0 saturated heterocycles. The third-order valence-corrected chi connectivity index (χ3v) is 7.20. The van der Waals surface area contributed by atoms with Crippen molar-refractivity contribution >= 4 is 50.4 Å². The van der Waals surface area contributed by atoms with Crippen LogP contribution in [-0.4, -0.2) is 43.9 Å². The van der Waals surface area contributed by atoms with E-state index in [0.717, 1.165) is 22.7 Å². The maximum absolute atomic E-state index is 12.5. The van der Waals surface area contributed by atoms with Crippen molar-refractivity contribution in [3.8, 4) is 5.75 Å². The number of carboxylic acids is 2. The summed E-state index contributed by atoms with van der Waals surface area (Å²) < 4.78 is 64.5. The molecule has 9 nitrogen and oxygen atoms in total. The molecule has 188 valence electrons. The van der Waals surface area contributed by atoms with Crippen LogP contribution >= 0.6 is 11.3 Å². The largest absolute Gasteiger partial charge is 0.495 e. The standard InChI is InChI=1S/C19H18N2O5S2.C2HF3O2/c1-12-11-17(27-18(12)19(22)23)28(24,25)21-14-9-7-13(8-10-14)20-15-5-3-4-6-16(15)26-2;3-2(4,5)1(6)7/h3-11,20-21H,1-2H3,(H,22,23);(H,6,7). The van der Waals surface area contributed by atoms with Gasteiger partial charge < -0.3 is 20.3 Å². The Morgan fingerprint density at radius 3 is 2.03 bits per heavy atom. The van der Waals surface area contributed by atoms with E-state index in [9.17, 15) is 26.4 Å². The van der Waals surface area contributed by atoms with E-state index in [1.54, 1.807) is 38.3 Å². The SMILES string of the molecule is COc1ccccc1Nc1ccc(NS(=O)(=O)c2cc(C)c(C(=O)O)s2)cc1.O=C(O)C(F)(F)F. The second-order valence-corrected chi connectivity index (χ2v) is 9.66. The summed E-state index contributed by atoms with van der Waals surface area (Å²) in [6.45, 7) is 1.57. The second kappa shape index (κ2) is 11.1. The summed E-state index contributed by atoms with van der Waals surface area (Å²) in [7, 11) is -2.28. The Bertz CT molecular complexity index is 1310. The number of aryl methyl sites for hydroxylation is 1. The molecule has 1 heterocycles. The van der Waals surface area contributed by atoms with Gasteiger partial charge in [-0.25, -0.2) is 18.0 Å². The lowest BCUT2D eigenvalue weighted by Gasteiger charge is -2.12. The monoisotopic (exact) mass is 532 g/mol. The quantitative estimate of drug-likeness (QED) is 0.335. The molecule has 0 spiro atoms. The van der Waals surface area contributed by atoms with E-state index in [1.807, 2.05) is 24.3 Å². The average molecular weight is 533 g/mol. The van der Waals surface area contributed by atoms with Crippen molar-refractivity contribution in [2.24, 2.45) is 0 Å². The van der Waals surface area contributed by atoms with Crippen LogP contribution in [0.3, 0.4) is 0 Å². The van der Waals surface area contributed by atoms with E-state index in [1.165, 1.54) is 6.07 Å². The van der Waals surface area contributed by atoms with E-state index >= 15 is 0 Å². The van der Waals surface area contributed by atoms with E-state index in [-0.39, 0.29) is 9.09 Å². The number of carbonyl (C=O) groups is 2. The highest BCUT2D eigenvalue weighted by atomic mass is 32.2. The Morgan fingerprint density at radius 2 is 1.54 bits per heavy atom. The molecule has 0 aliphatic heterocycles. The number of nitrogens with one attached hydrogen (secondary N) is 2. The van der Waals surface area contributed by atoms with Crippen LogP contribution in [0.15, 0.2) is 58.8 Å². The fourth-order valence-corrected chi connectivity index (χ4v) is 4.96. The van der Waals surface area contributed by atoms with Crippen LogP contribution in [0.1, 0.15) is 15.2 Å². The van der Waals surface area contributed by atoms with Crippen LogP contribution in [0.25, 0.3) is 0 Å². The number of benzene rings is 2. The number of methoxy groups -OCH3 is 1. The van der Waals surface area contributed by atoms with Gasteiger partial charge in [0.1, 0.15) is 14.8 Å². The summed E-state index contributed by atoms with van der Waals surface area (Å²) in [5.41, 5.74) is 2.32. The molecule has 0 amide bonds. The number of anilines is 3. The number of hydrogen-bond donors (Lipinski definition) is 4. The summed E-state index contributed by atoms with van der Waals surface area (Å²) in [6, 6.07) is 15.5. The normalized spacial score (nSPS) is 11.1. The lowest BCUT2D eigenvalue weighted by atomic mass is 10.2. The minimum Gasteiger partial charge on any atom is -0.495 e. The summed E-state index contributed by atoms with van der Waals surface area (Å²) in [5.74, 6) is -3.21. The van der Waals surface area contributed by atoms with Crippen molar-refractivity contribution in [1.82, 2.24) is 0 Å². The third-order valence-electron chi connectivity index (χ3n) is 4.12. The number of halogens is 3. The van der Waals surface area contributed by atoms with Gasteiger partial charge in [-0.1, -0.05) is 12.1 Å². The van der Waals surface area contributed by atoms with Crippen molar-refractivity contribution in [3.63, 3.8) is 0 Å². The Balaban J connectivity index is 0.000000540. The minimum absolute atomic E-state index is 0.0109. The number of alkyl halides is 3. The first-order valence-corrected chi connectivity index (χ1v) is 11.7. The summed E-state index contributed by atoms with van der Waals surface area (Å²) >= 11 is 0.727. The molecule has 1 aromatic heterocycles. The van der Waals surface area contributed by atoms with Gasteiger partial charge in [-0.3, -0.25) is 4.72 Å². The van der Waals surface area contributed by atoms with Gasteiger partial charge in [0.25, 0.3) is 10.0 Å². The first-order chi connectivity index (χ1) is 16.2. The van der Waals surface area contributed by atoms with Gasteiger partial charge in [0.2, 0.25) is 0 Å². The third kappa shape index (κ3) is 7.61. The minimum atomic E-state index is -5.08. The van der Waals surface area contributed by atoms with Crippen LogP contribution in [-0.2, 0) is 14.8 Å². The number of sulfonamides is 1. The number of thiophene rings is 1. The topological polar surface area (TPSA) is 142 Å². The predicted octanol–water partition coefficient (Wildman–Crippen LogP) is 4.94. The molecule has 0 fully saturated rings. The molecule has 0 bridgehead atoms.